The molecule has 2 unspecified atom stereocenters. The molecule has 1 heterocycles. The summed E-state index contributed by atoms with van der Waals surface area (Å²) in [4.78, 5) is 26.0. The van der Waals surface area contributed by atoms with E-state index in [4.69, 9.17) is 16.3 Å². The van der Waals surface area contributed by atoms with Gasteiger partial charge in [-0.1, -0.05) is 41.9 Å². The van der Waals surface area contributed by atoms with Gasteiger partial charge in [-0.25, -0.2) is 4.79 Å². The van der Waals surface area contributed by atoms with E-state index in [1.807, 2.05) is 25.1 Å². The summed E-state index contributed by atoms with van der Waals surface area (Å²) in [6.07, 6.45) is -0.196. The average Bonchev–Trinajstić information content (AvgIpc) is 2.62. The third-order valence-electron chi connectivity index (χ3n) is 4.56. The molecule has 26 heavy (non-hydrogen) atoms. The number of hydrogen-bond acceptors (Lipinski definition) is 3. The van der Waals surface area contributed by atoms with E-state index in [0.717, 1.165) is 5.56 Å². The lowest BCUT2D eigenvalue weighted by atomic mass is 10.0. The Hall–Kier alpha value is -2.37. The molecule has 1 aliphatic rings. The largest absolute Gasteiger partial charge is 0.478 e. The standard InChI is InChI=1S/C20H20ClNO4/c1-13-12-26-18(15-6-4-7-16(21)9-15)11-22(13)19(23)10-14-5-2-3-8-17(14)20(24)25/h2-9,13,18H,10-12H2,1H3,(H,24,25). The third-order valence-corrected chi connectivity index (χ3v) is 4.80. The highest BCUT2D eigenvalue weighted by molar-refractivity contribution is 6.30. The lowest BCUT2D eigenvalue weighted by Crippen LogP contribution is -2.48. The van der Waals surface area contributed by atoms with Crippen molar-refractivity contribution in [2.75, 3.05) is 13.2 Å². The smallest absolute Gasteiger partial charge is 0.335 e. The fourth-order valence-electron chi connectivity index (χ4n) is 3.16. The fraction of sp³-hybridized carbons (Fsp3) is 0.300. The van der Waals surface area contributed by atoms with E-state index < -0.39 is 5.97 Å². The van der Waals surface area contributed by atoms with Crippen LogP contribution < -0.4 is 0 Å². The van der Waals surface area contributed by atoms with Crippen molar-refractivity contribution in [3.63, 3.8) is 0 Å². The second-order valence-corrected chi connectivity index (χ2v) is 6.85. The van der Waals surface area contributed by atoms with Crippen molar-refractivity contribution in [3.05, 3.63) is 70.2 Å². The van der Waals surface area contributed by atoms with E-state index in [1.54, 1.807) is 29.2 Å². The first kappa shape index (κ1) is 18.4. The van der Waals surface area contributed by atoms with E-state index in [2.05, 4.69) is 0 Å². The second-order valence-electron chi connectivity index (χ2n) is 6.41. The average molecular weight is 374 g/mol. The SMILES string of the molecule is CC1COC(c2cccc(Cl)c2)CN1C(=O)Cc1ccccc1C(=O)O. The molecule has 2 aromatic rings. The van der Waals surface area contributed by atoms with Gasteiger partial charge in [0.05, 0.1) is 31.2 Å². The van der Waals surface area contributed by atoms with Gasteiger partial charge in [-0.15, -0.1) is 0 Å². The number of aromatic carboxylic acids is 1. The van der Waals surface area contributed by atoms with Gasteiger partial charge in [-0.2, -0.15) is 0 Å². The van der Waals surface area contributed by atoms with Gasteiger partial charge in [0, 0.05) is 5.02 Å². The first-order valence-electron chi connectivity index (χ1n) is 8.43. The molecule has 136 valence electrons. The maximum Gasteiger partial charge on any atom is 0.335 e. The van der Waals surface area contributed by atoms with Crippen LogP contribution in [0.1, 0.15) is 34.5 Å². The van der Waals surface area contributed by atoms with Gasteiger partial charge in [-0.05, 0) is 36.2 Å². The summed E-state index contributed by atoms with van der Waals surface area (Å²) in [6.45, 7) is 2.76. The molecule has 5 nitrogen and oxygen atoms in total. The maximum absolute atomic E-state index is 12.8. The van der Waals surface area contributed by atoms with E-state index in [1.165, 1.54) is 6.07 Å². The van der Waals surface area contributed by atoms with Gasteiger partial charge >= 0.3 is 5.97 Å². The number of morpholine rings is 1. The molecule has 0 aliphatic carbocycles. The van der Waals surface area contributed by atoms with Crippen LogP contribution >= 0.6 is 11.6 Å². The van der Waals surface area contributed by atoms with Gasteiger partial charge in [0.15, 0.2) is 0 Å². The van der Waals surface area contributed by atoms with Crippen LogP contribution in [0.25, 0.3) is 0 Å². The summed E-state index contributed by atoms with van der Waals surface area (Å²) >= 11 is 6.05. The van der Waals surface area contributed by atoms with Crippen LogP contribution in [0.4, 0.5) is 0 Å². The highest BCUT2D eigenvalue weighted by atomic mass is 35.5. The number of nitrogens with zero attached hydrogens (tertiary/aromatic N) is 1. The lowest BCUT2D eigenvalue weighted by Gasteiger charge is -2.38. The highest BCUT2D eigenvalue weighted by Gasteiger charge is 2.31. The molecule has 1 amide bonds. The fourth-order valence-corrected chi connectivity index (χ4v) is 3.36. The van der Waals surface area contributed by atoms with E-state index in [-0.39, 0.29) is 30.0 Å². The van der Waals surface area contributed by atoms with Crippen LogP contribution in [0.5, 0.6) is 0 Å². The number of carboxylic acids is 1. The number of carbonyl (C=O) groups is 2. The Labute approximate surface area is 157 Å². The van der Waals surface area contributed by atoms with Gasteiger partial charge in [0.25, 0.3) is 0 Å². The van der Waals surface area contributed by atoms with E-state index >= 15 is 0 Å². The van der Waals surface area contributed by atoms with Crippen LogP contribution in [-0.4, -0.2) is 41.1 Å². The molecule has 0 saturated carbocycles. The molecule has 3 rings (SSSR count). The summed E-state index contributed by atoms with van der Waals surface area (Å²) < 4.78 is 5.88. The number of carbonyl (C=O) groups excluding carboxylic acids is 1. The Bertz CT molecular complexity index is 823. The van der Waals surface area contributed by atoms with Crippen molar-refractivity contribution in [2.24, 2.45) is 0 Å². The third kappa shape index (κ3) is 4.06. The number of amides is 1. The molecule has 0 radical (unpaired) electrons. The molecular formula is C20H20ClNO4. The molecule has 6 heteroatoms. The number of rotatable bonds is 4. The summed E-state index contributed by atoms with van der Waals surface area (Å²) in [5, 5.41) is 9.92. The quantitative estimate of drug-likeness (QED) is 0.889. The van der Waals surface area contributed by atoms with Crippen molar-refractivity contribution < 1.29 is 19.4 Å². The zero-order valence-corrected chi connectivity index (χ0v) is 15.1. The van der Waals surface area contributed by atoms with Gasteiger partial charge < -0.3 is 14.7 Å². The van der Waals surface area contributed by atoms with Crippen molar-refractivity contribution in [2.45, 2.75) is 25.5 Å². The minimum atomic E-state index is -1.03. The Balaban J connectivity index is 1.77. The molecule has 0 aromatic heterocycles. The van der Waals surface area contributed by atoms with Gasteiger partial charge in [-0.3, -0.25) is 4.79 Å². The van der Waals surface area contributed by atoms with Crippen LogP contribution in [0.2, 0.25) is 5.02 Å². The molecule has 0 spiro atoms. The number of carboxylic acid groups (broad SMARTS) is 1. The molecule has 1 aliphatic heterocycles. The van der Waals surface area contributed by atoms with E-state index in [9.17, 15) is 14.7 Å². The zero-order valence-electron chi connectivity index (χ0n) is 14.4. The predicted octanol–water partition coefficient (Wildman–Crippen LogP) is 3.57. The summed E-state index contributed by atoms with van der Waals surface area (Å²) in [5.41, 5.74) is 1.60. The molecule has 1 fully saturated rings. The second kappa shape index (κ2) is 7.89. The monoisotopic (exact) mass is 373 g/mol. The molecule has 1 N–H and O–H groups in total. The Morgan fingerprint density at radius 3 is 2.73 bits per heavy atom. The number of ether oxygens (including phenoxy) is 1. The molecular weight excluding hydrogens is 354 g/mol. The van der Waals surface area contributed by atoms with Gasteiger partial charge in [0.2, 0.25) is 5.91 Å². The Morgan fingerprint density at radius 1 is 1.23 bits per heavy atom. The lowest BCUT2D eigenvalue weighted by molar-refractivity contribution is -0.143. The summed E-state index contributed by atoms with van der Waals surface area (Å²) in [5.74, 6) is -1.14. The van der Waals surface area contributed by atoms with Crippen molar-refractivity contribution >= 4 is 23.5 Å². The first-order valence-corrected chi connectivity index (χ1v) is 8.81. The van der Waals surface area contributed by atoms with Crippen molar-refractivity contribution in [1.29, 1.82) is 0 Å². The highest BCUT2D eigenvalue weighted by Crippen LogP contribution is 2.27. The zero-order chi connectivity index (χ0) is 18.7. The normalized spacial score (nSPS) is 20.0. The topological polar surface area (TPSA) is 66.8 Å². The first-order chi connectivity index (χ1) is 12.5. The molecule has 1 saturated heterocycles. The van der Waals surface area contributed by atoms with Crippen molar-refractivity contribution in [3.8, 4) is 0 Å². The molecule has 2 aromatic carbocycles. The summed E-state index contributed by atoms with van der Waals surface area (Å²) in [7, 11) is 0. The Morgan fingerprint density at radius 2 is 2.00 bits per heavy atom. The number of benzene rings is 2. The van der Waals surface area contributed by atoms with Crippen molar-refractivity contribution in [1.82, 2.24) is 4.90 Å². The van der Waals surface area contributed by atoms with Crippen LogP contribution in [-0.2, 0) is 16.0 Å². The molecule has 0 bridgehead atoms. The number of hydrogen-bond donors (Lipinski definition) is 1. The predicted molar refractivity (Wildman–Crippen MR) is 98.4 cm³/mol. The maximum atomic E-state index is 12.8. The van der Waals surface area contributed by atoms with Gasteiger partial charge in [0.1, 0.15) is 6.10 Å². The minimum absolute atomic E-state index is 0.0507. The number of halogens is 1. The van der Waals surface area contributed by atoms with Crippen LogP contribution in [0, 0.1) is 0 Å². The Kier molecular flexibility index (Phi) is 5.59. The van der Waals surface area contributed by atoms with Crippen LogP contribution in [0.3, 0.4) is 0 Å². The minimum Gasteiger partial charge on any atom is -0.478 e. The molecule has 2 atom stereocenters. The summed E-state index contributed by atoms with van der Waals surface area (Å²) in [6, 6.07) is 13.9. The van der Waals surface area contributed by atoms with E-state index in [0.29, 0.717) is 23.7 Å². The van der Waals surface area contributed by atoms with Crippen LogP contribution in [0.15, 0.2) is 48.5 Å².